The van der Waals surface area contributed by atoms with Crippen molar-refractivity contribution >= 4 is 0 Å². The maximum Gasteiger partial charge on any atom is 0.200 e. The van der Waals surface area contributed by atoms with Gasteiger partial charge in [-0.3, -0.25) is 0 Å². The molecule has 0 radical (unpaired) electrons. The molecule has 1 aromatic rings. The molecule has 2 aliphatic rings. The fourth-order valence-corrected chi connectivity index (χ4v) is 3.21. The predicted molar refractivity (Wildman–Crippen MR) is 77.6 cm³/mol. The molecule has 1 heterocycles. The predicted octanol–water partition coefficient (Wildman–Crippen LogP) is 3.91. The second-order valence-corrected chi connectivity index (χ2v) is 6.11. The first-order valence-corrected chi connectivity index (χ1v) is 8.04. The highest BCUT2D eigenvalue weighted by molar-refractivity contribution is 5.25. The third-order valence-electron chi connectivity index (χ3n) is 4.52. The second-order valence-electron chi connectivity index (χ2n) is 6.11. The molecule has 22 heavy (non-hydrogen) atoms. The molecule has 1 saturated carbocycles. The van der Waals surface area contributed by atoms with E-state index >= 15 is 0 Å². The maximum atomic E-state index is 13.5. The van der Waals surface area contributed by atoms with E-state index in [1.54, 1.807) is 0 Å². The molecule has 1 aliphatic heterocycles. The molecule has 3 nitrogen and oxygen atoms in total. The van der Waals surface area contributed by atoms with Crippen molar-refractivity contribution in [3.05, 3.63) is 29.8 Å². The van der Waals surface area contributed by atoms with Crippen LogP contribution in [0.4, 0.5) is 8.78 Å². The molecule has 3 rings (SSSR count). The monoisotopic (exact) mass is 312 g/mol. The van der Waals surface area contributed by atoms with Gasteiger partial charge >= 0.3 is 0 Å². The van der Waals surface area contributed by atoms with Gasteiger partial charge in [0.05, 0.1) is 19.8 Å². The van der Waals surface area contributed by atoms with Crippen LogP contribution in [0.3, 0.4) is 0 Å². The summed E-state index contributed by atoms with van der Waals surface area (Å²) >= 11 is 0. The van der Waals surface area contributed by atoms with Crippen LogP contribution in [0.2, 0.25) is 0 Å². The van der Waals surface area contributed by atoms with Gasteiger partial charge in [0.15, 0.2) is 17.9 Å². The Morgan fingerprint density at radius 1 is 1.05 bits per heavy atom. The lowest BCUT2D eigenvalue weighted by Crippen LogP contribution is -2.35. The van der Waals surface area contributed by atoms with Crippen molar-refractivity contribution in [2.45, 2.75) is 38.4 Å². The lowest BCUT2D eigenvalue weighted by Gasteiger charge is -2.35. The molecule has 5 heteroatoms. The van der Waals surface area contributed by atoms with Crippen molar-refractivity contribution in [2.75, 3.05) is 19.8 Å². The van der Waals surface area contributed by atoms with Crippen molar-refractivity contribution in [3.63, 3.8) is 0 Å². The second kappa shape index (κ2) is 7.38. The van der Waals surface area contributed by atoms with E-state index in [-0.39, 0.29) is 12.0 Å². The summed E-state index contributed by atoms with van der Waals surface area (Å²) in [6, 6.07) is 4.02. The van der Waals surface area contributed by atoms with E-state index in [2.05, 4.69) is 0 Å². The fourth-order valence-electron chi connectivity index (χ4n) is 3.21. The number of ether oxygens (including phenoxy) is 3. The van der Waals surface area contributed by atoms with Crippen molar-refractivity contribution < 1.29 is 23.0 Å². The fraction of sp³-hybridized carbons (Fsp3) is 0.647. The van der Waals surface area contributed by atoms with Gasteiger partial charge in [0, 0.05) is 5.92 Å². The van der Waals surface area contributed by atoms with Gasteiger partial charge in [-0.1, -0.05) is 6.07 Å². The summed E-state index contributed by atoms with van der Waals surface area (Å²) in [6.45, 7) is 2.00. The van der Waals surface area contributed by atoms with E-state index in [0.717, 1.165) is 51.4 Å². The smallest absolute Gasteiger partial charge is 0.200 e. The Morgan fingerprint density at radius 2 is 1.77 bits per heavy atom. The van der Waals surface area contributed by atoms with Crippen LogP contribution in [0.1, 0.15) is 32.1 Å². The molecule has 0 amide bonds. The van der Waals surface area contributed by atoms with Crippen molar-refractivity contribution in [1.82, 2.24) is 0 Å². The van der Waals surface area contributed by atoms with E-state index < -0.39 is 11.6 Å². The van der Waals surface area contributed by atoms with Crippen molar-refractivity contribution in [2.24, 2.45) is 11.8 Å². The Hall–Kier alpha value is -1.20. The maximum absolute atomic E-state index is 13.5. The summed E-state index contributed by atoms with van der Waals surface area (Å²) in [5.74, 6) is -0.945. The third kappa shape index (κ3) is 3.76. The molecule has 0 unspecified atom stereocenters. The molecule has 122 valence electrons. The average molecular weight is 312 g/mol. The Kier molecular flexibility index (Phi) is 5.26. The zero-order valence-corrected chi connectivity index (χ0v) is 12.6. The minimum Gasteiger partial charge on any atom is -0.490 e. The average Bonchev–Trinajstić information content (AvgIpc) is 2.57. The molecule has 0 bridgehead atoms. The minimum atomic E-state index is -0.903. The summed E-state index contributed by atoms with van der Waals surface area (Å²) in [5, 5.41) is 0. The zero-order chi connectivity index (χ0) is 15.4. The van der Waals surface area contributed by atoms with Crippen LogP contribution in [0.25, 0.3) is 0 Å². The van der Waals surface area contributed by atoms with Gasteiger partial charge in [-0.15, -0.1) is 0 Å². The van der Waals surface area contributed by atoms with E-state index in [9.17, 15) is 8.78 Å². The first-order chi connectivity index (χ1) is 10.7. The highest BCUT2D eigenvalue weighted by atomic mass is 19.2. The van der Waals surface area contributed by atoms with Crippen LogP contribution in [0.15, 0.2) is 18.2 Å². The number of hydrogen-bond donors (Lipinski definition) is 0. The summed E-state index contributed by atoms with van der Waals surface area (Å²) in [4.78, 5) is 0. The van der Waals surface area contributed by atoms with E-state index in [1.807, 2.05) is 0 Å². The van der Waals surface area contributed by atoms with Gasteiger partial charge in [-0.2, -0.15) is 4.39 Å². The van der Waals surface area contributed by atoms with Crippen LogP contribution in [0.5, 0.6) is 5.75 Å². The Labute approximate surface area is 129 Å². The molecule has 0 atom stereocenters. The van der Waals surface area contributed by atoms with Crippen LogP contribution in [0, 0.1) is 23.5 Å². The number of rotatable bonds is 4. The Morgan fingerprint density at radius 3 is 2.50 bits per heavy atom. The van der Waals surface area contributed by atoms with E-state index in [1.165, 1.54) is 12.1 Å². The van der Waals surface area contributed by atoms with Gasteiger partial charge in [0.25, 0.3) is 0 Å². The summed E-state index contributed by atoms with van der Waals surface area (Å²) < 4.78 is 43.4. The van der Waals surface area contributed by atoms with Gasteiger partial charge in [0.1, 0.15) is 0 Å². The standard InChI is InChI=1S/C17H22F2O3/c18-14-3-1-4-15(16(14)19)22-11-12-5-7-13(8-6-12)17-20-9-2-10-21-17/h1,3-4,12-13,17H,2,5-11H2. The zero-order valence-electron chi connectivity index (χ0n) is 12.6. The van der Waals surface area contributed by atoms with Gasteiger partial charge in [-0.05, 0) is 50.2 Å². The van der Waals surface area contributed by atoms with Crippen LogP contribution in [-0.2, 0) is 9.47 Å². The Balaban J connectivity index is 1.45. The first-order valence-electron chi connectivity index (χ1n) is 8.04. The van der Waals surface area contributed by atoms with E-state index in [0.29, 0.717) is 18.4 Å². The highest BCUT2D eigenvalue weighted by Gasteiger charge is 2.30. The molecule has 1 saturated heterocycles. The quantitative estimate of drug-likeness (QED) is 0.843. The molecule has 2 fully saturated rings. The largest absolute Gasteiger partial charge is 0.490 e. The third-order valence-corrected chi connectivity index (χ3v) is 4.52. The topological polar surface area (TPSA) is 27.7 Å². The number of halogens is 2. The molecular weight excluding hydrogens is 290 g/mol. The molecule has 1 aliphatic carbocycles. The van der Waals surface area contributed by atoms with Crippen LogP contribution in [-0.4, -0.2) is 26.1 Å². The van der Waals surface area contributed by atoms with E-state index in [4.69, 9.17) is 14.2 Å². The van der Waals surface area contributed by atoms with Gasteiger partial charge in [0.2, 0.25) is 5.82 Å². The highest BCUT2D eigenvalue weighted by Crippen LogP contribution is 2.34. The molecule has 1 aromatic carbocycles. The number of benzene rings is 1. The summed E-state index contributed by atoms with van der Waals surface area (Å²) in [7, 11) is 0. The van der Waals surface area contributed by atoms with Gasteiger partial charge < -0.3 is 14.2 Å². The first kappa shape index (κ1) is 15.7. The SMILES string of the molecule is Fc1cccc(OCC2CCC(C3OCCCO3)CC2)c1F. The molecule has 0 aromatic heterocycles. The summed E-state index contributed by atoms with van der Waals surface area (Å²) in [6.07, 6.45) is 4.99. The van der Waals surface area contributed by atoms with Gasteiger partial charge in [-0.25, -0.2) is 4.39 Å². The minimum absolute atomic E-state index is 0.000991. The molecular formula is C17H22F2O3. The van der Waals surface area contributed by atoms with Crippen LogP contribution >= 0.6 is 0 Å². The number of hydrogen-bond acceptors (Lipinski definition) is 3. The Bertz CT molecular complexity index is 481. The summed E-state index contributed by atoms with van der Waals surface area (Å²) in [5.41, 5.74) is 0. The van der Waals surface area contributed by atoms with Crippen molar-refractivity contribution in [1.29, 1.82) is 0 Å². The van der Waals surface area contributed by atoms with Crippen molar-refractivity contribution in [3.8, 4) is 5.75 Å². The normalized spacial score (nSPS) is 26.8. The lowest BCUT2D eigenvalue weighted by molar-refractivity contribution is -0.210. The lowest BCUT2D eigenvalue weighted by atomic mass is 9.82. The molecule has 0 spiro atoms. The van der Waals surface area contributed by atoms with Crippen LogP contribution < -0.4 is 4.74 Å². The molecule has 0 N–H and O–H groups in total.